The van der Waals surface area contributed by atoms with Crippen LogP contribution in [0.15, 0.2) is 4.99 Å². The molecule has 7 heteroatoms. The SMILES string of the molecule is CN=C(NCCNC(C)(C)C)NC(C)Cc1c(C)nn(C)c1C.I. The first-order valence-electron chi connectivity index (χ1n) is 8.35. The minimum Gasteiger partial charge on any atom is -0.355 e. The van der Waals surface area contributed by atoms with Crippen molar-refractivity contribution in [2.45, 2.75) is 59.5 Å². The summed E-state index contributed by atoms with van der Waals surface area (Å²) in [5.41, 5.74) is 3.79. The van der Waals surface area contributed by atoms with Crippen LogP contribution in [0.25, 0.3) is 0 Å². The molecule has 0 spiro atoms. The maximum atomic E-state index is 4.48. The summed E-state index contributed by atoms with van der Waals surface area (Å²) in [4.78, 5) is 4.30. The molecule has 6 nitrogen and oxygen atoms in total. The van der Waals surface area contributed by atoms with Crippen LogP contribution in [0.1, 0.15) is 44.6 Å². The highest BCUT2D eigenvalue weighted by atomic mass is 127. The summed E-state index contributed by atoms with van der Waals surface area (Å²) in [6, 6.07) is 0.290. The summed E-state index contributed by atoms with van der Waals surface area (Å²) in [5, 5.41) is 14.7. The summed E-state index contributed by atoms with van der Waals surface area (Å²) in [5.74, 6) is 0.840. The zero-order valence-electron chi connectivity index (χ0n) is 16.4. The van der Waals surface area contributed by atoms with Gasteiger partial charge in [0.15, 0.2) is 5.96 Å². The van der Waals surface area contributed by atoms with Crippen molar-refractivity contribution in [2.24, 2.45) is 12.0 Å². The van der Waals surface area contributed by atoms with Gasteiger partial charge >= 0.3 is 0 Å². The lowest BCUT2D eigenvalue weighted by Gasteiger charge is -2.22. The smallest absolute Gasteiger partial charge is 0.191 e. The molecule has 0 saturated heterocycles. The third-order valence-electron chi connectivity index (χ3n) is 3.85. The Labute approximate surface area is 164 Å². The van der Waals surface area contributed by atoms with Crippen LogP contribution >= 0.6 is 24.0 Å². The quantitative estimate of drug-likeness (QED) is 0.269. The fourth-order valence-electron chi connectivity index (χ4n) is 2.52. The van der Waals surface area contributed by atoms with E-state index in [-0.39, 0.29) is 29.5 Å². The Kier molecular flexibility index (Phi) is 9.87. The monoisotopic (exact) mass is 450 g/mol. The van der Waals surface area contributed by atoms with Crippen LogP contribution in [0, 0.1) is 13.8 Å². The molecule has 0 saturated carbocycles. The zero-order chi connectivity index (χ0) is 17.6. The van der Waals surface area contributed by atoms with Crippen molar-refractivity contribution < 1.29 is 0 Å². The topological polar surface area (TPSA) is 66.3 Å². The standard InChI is InChI=1S/C17H34N6.HI/c1-12(11-15-13(2)22-23(8)14(15)3)21-16(18-7)19-9-10-20-17(4,5)6;/h12,20H,9-11H2,1-8H3,(H2,18,19,21);1H. The van der Waals surface area contributed by atoms with Crippen molar-refractivity contribution in [3.8, 4) is 0 Å². The van der Waals surface area contributed by atoms with Gasteiger partial charge in [0.1, 0.15) is 0 Å². The van der Waals surface area contributed by atoms with E-state index in [1.807, 2.05) is 11.7 Å². The van der Waals surface area contributed by atoms with E-state index in [2.05, 4.69) is 67.6 Å². The molecular formula is C17H35IN6. The van der Waals surface area contributed by atoms with Crippen LogP contribution in [-0.4, -0.2) is 47.5 Å². The second-order valence-electron chi connectivity index (χ2n) is 7.20. The molecule has 0 radical (unpaired) electrons. The first-order chi connectivity index (χ1) is 10.6. The Morgan fingerprint density at radius 1 is 1.25 bits per heavy atom. The average Bonchev–Trinajstić information content (AvgIpc) is 2.67. The molecule has 1 aromatic rings. The fourth-order valence-corrected chi connectivity index (χ4v) is 2.52. The lowest BCUT2D eigenvalue weighted by molar-refractivity contribution is 0.428. The maximum Gasteiger partial charge on any atom is 0.191 e. The van der Waals surface area contributed by atoms with Crippen LogP contribution < -0.4 is 16.0 Å². The largest absolute Gasteiger partial charge is 0.355 e. The van der Waals surface area contributed by atoms with Crippen molar-refractivity contribution in [3.63, 3.8) is 0 Å². The zero-order valence-corrected chi connectivity index (χ0v) is 18.8. The second-order valence-corrected chi connectivity index (χ2v) is 7.20. The number of halogens is 1. The normalized spacial score (nSPS) is 13.4. The molecule has 1 unspecified atom stereocenters. The molecule has 140 valence electrons. The van der Waals surface area contributed by atoms with Crippen LogP contribution in [0.3, 0.4) is 0 Å². The van der Waals surface area contributed by atoms with E-state index in [1.54, 1.807) is 7.05 Å². The highest BCUT2D eigenvalue weighted by Crippen LogP contribution is 2.14. The first kappa shape index (κ1) is 23.2. The fraction of sp³-hybridized carbons (Fsp3) is 0.765. The van der Waals surface area contributed by atoms with Gasteiger partial charge in [0.05, 0.1) is 5.69 Å². The molecule has 24 heavy (non-hydrogen) atoms. The van der Waals surface area contributed by atoms with E-state index in [1.165, 1.54) is 11.3 Å². The molecule has 0 bridgehead atoms. The first-order valence-corrected chi connectivity index (χ1v) is 8.35. The van der Waals surface area contributed by atoms with Crippen LogP contribution in [-0.2, 0) is 13.5 Å². The number of rotatable bonds is 6. The highest BCUT2D eigenvalue weighted by molar-refractivity contribution is 14.0. The van der Waals surface area contributed by atoms with E-state index in [9.17, 15) is 0 Å². The Balaban J connectivity index is 0.00000529. The van der Waals surface area contributed by atoms with Gasteiger partial charge in [0.2, 0.25) is 0 Å². The van der Waals surface area contributed by atoms with Crippen LogP contribution in [0.2, 0.25) is 0 Å². The minimum absolute atomic E-state index is 0. The van der Waals surface area contributed by atoms with Crippen LogP contribution in [0.5, 0.6) is 0 Å². The number of hydrogen-bond donors (Lipinski definition) is 3. The third-order valence-corrected chi connectivity index (χ3v) is 3.85. The van der Waals surface area contributed by atoms with Crippen molar-refractivity contribution in [3.05, 3.63) is 17.0 Å². The molecule has 0 aromatic carbocycles. The van der Waals surface area contributed by atoms with Crippen molar-refractivity contribution in [1.82, 2.24) is 25.7 Å². The van der Waals surface area contributed by atoms with Gasteiger partial charge in [-0.25, -0.2) is 0 Å². The Morgan fingerprint density at radius 2 is 1.88 bits per heavy atom. The summed E-state index contributed by atoms with van der Waals surface area (Å²) in [6.45, 7) is 14.6. The Hall–Kier alpha value is -0.830. The van der Waals surface area contributed by atoms with Crippen molar-refractivity contribution in [1.29, 1.82) is 0 Å². The molecule has 3 N–H and O–H groups in total. The third kappa shape index (κ3) is 7.83. The number of nitrogens with zero attached hydrogens (tertiary/aromatic N) is 3. The Morgan fingerprint density at radius 3 is 2.33 bits per heavy atom. The Bertz CT molecular complexity index is 530. The van der Waals surface area contributed by atoms with E-state index in [0.717, 1.165) is 31.2 Å². The average molecular weight is 450 g/mol. The van der Waals surface area contributed by atoms with Gasteiger partial charge in [-0.05, 0) is 53.5 Å². The molecular weight excluding hydrogens is 415 g/mol. The lowest BCUT2D eigenvalue weighted by Crippen LogP contribution is -2.47. The number of guanidine groups is 1. The van der Waals surface area contributed by atoms with E-state index in [4.69, 9.17) is 0 Å². The number of nitrogens with one attached hydrogen (secondary N) is 3. The van der Waals surface area contributed by atoms with Crippen molar-refractivity contribution >= 4 is 29.9 Å². The summed E-state index contributed by atoms with van der Waals surface area (Å²) in [6.07, 6.45) is 0.937. The van der Waals surface area contributed by atoms with Gasteiger partial charge in [-0.1, -0.05) is 0 Å². The number of aliphatic imine (C=N–C) groups is 1. The van der Waals surface area contributed by atoms with Crippen LogP contribution in [0.4, 0.5) is 0 Å². The molecule has 1 atom stereocenters. The van der Waals surface area contributed by atoms with E-state index >= 15 is 0 Å². The highest BCUT2D eigenvalue weighted by Gasteiger charge is 2.14. The molecule has 0 aliphatic rings. The van der Waals surface area contributed by atoms with Gasteiger partial charge < -0.3 is 16.0 Å². The minimum atomic E-state index is 0. The molecule has 0 fully saturated rings. The number of aryl methyl sites for hydroxylation is 2. The number of aromatic nitrogens is 2. The molecule has 0 aliphatic carbocycles. The summed E-state index contributed by atoms with van der Waals surface area (Å²) >= 11 is 0. The molecule has 1 aromatic heterocycles. The summed E-state index contributed by atoms with van der Waals surface area (Å²) < 4.78 is 1.95. The molecule has 0 amide bonds. The van der Waals surface area contributed by atoms with Gasteiger partial charge in [-0.15, -0.1) is 24.0 Å². The van der Waals surface area contributed by atoms with E-state index < -0.39 is 0 Å². The second kappa shape index (κ2) is 10.2. The van der Waals surface area contributed by atoms with Gasteiger partial charge in [-0.3, -0.25) is 9.67 Å². The van der Waals surface area contributed by atoms with E-state index in [0.29, 0.717) is 6.04 Å². The molecule has 0 aliphatic heterocycles. The number of hydrogen-bond acceptors (Lipinski definition) is 3. The summed E-state index contributed by atoms with van der Waals surface area (Å²) in [7, 11) is 3.80. The van der Waals surface area contributed by atoms with Crippen molar-refractivity contribution in [2.75, 3.05) is 20.1 Å². The predicted molar refractivity (Wildman–Crippen MR) is 114 cm³/mol. The van der Waals surface area contributed by atoms with Gasteiger partial charge in [0, 0.05) is 44.5 Å². The lowest BCUT2D eigenvalue weighted by atomic mass is 10.1. The molecule has 1 heterocycles. The maximum absolute atomic E-state index is 4.48. The molecule has 1 rings (SSSR count). The van der Waals surface area contributed by atoms with Gasteiger partial charge in [0.25, 0.3) is 0 Å². The predicted octanol–water partition coefficient (Wildman–Crippen LogP) is 2.14. The van der Waals surface area contributed by atoms with Gasteiger partial charge in [-0.2, -0.15) is 5.10 Å².